The maximum absolute atomic E-state index is 11.8. The summed E-state index contributed by atoms with van der Waals surface area (Å²) in [5, 5.41) is 4.07. The number of nitrogens with one attached hydrogen (secondary N) is 1. The Bertz CT molecular complexity index is 471. The summed E-state index contributed by atoms with van der Waals surface area (Å²) < 4.78 is 1.74. The van der Waals surface area contributed by atoms with Crippen LogP contribution in [0.4, 0.5) is 0 Å². The first-order valence-corrected chi connectivity index (χ1v) is 5.09. The summed E-state index contributed by atoms with van der Waals surface area (Å²) in [5.41, 5.74) is 0. The molecule has 0 saturated heterocycles. The second-order valence-corrected chi connectivity index (χ2v) is 3.75. The fourth-order valence-electron chi connectivity index (χ4n) is 1.48. The van der Waals surface area contributed by atoms with E-state index in [0.29, 0.717) is 11.6 Å². The summed E-state index contributed by atoms with van der Waals surface area (Å²) in [6.07, 6.45) is 4.86. The monoisotopic (exact) mass is 219 g/mol. The van der Waals surface area contributed by atoms with Crippen molar-refractivity contribution in [3.63, 3.8) is 0 Å². The summed E-state index contributed by atoms with van der Waals surface area (Å²) in [4.78, 5) is 22.5. The largest absolute Gasteiger partial charge is 0.342 e. The predicted octanol–water partition coefficient (Wildman–Crippen LogP) is 1.01. The van der Waals surface area contributed by atoms with Gasteiger partial charge in [-0.15, -0.1) is 0 Å². The molecule has 6 heteroatoms. The molecule has 2 aromatic heterocycles. The molecule has 0 bridgehead atoms. The molecule has 84 valence electrons. The summed E-state index contributed by atoms with van der Waals surface area (Å²) in [7, 11) is 0. The maximum atomic E-state index is 11.8. The molecule has 0 aliphatic rings. The highest BCUT2D eigenvalue weighted by Gasteiger charge is 2.14. The van der Waals surface area contributed by atoms with Crippen LogP contribution in [-0.4, -0.2) is 30.5 Å². The molecule has 6 nitrogen and oxygen atoms in total. The van der Waals surface area contributed by atoms with E-state index in [1.807, 2.05) is 13.8 Å². The Morgan fingerprint density at radius 2 is 2.31 bits per heavy atom. The van der Waals surface area contributed by atoms with Crippen LogP contribution in [0.3, 0.4) is 0 Å². The van der Waals surface area contributed by atoms with Gasteiger partial charge < -0.3 is 4.98 Å². The molecule has 0 amide bonds. The van der Waals surface area contributed by atoms with Gasteiger partial charge in [0.05, 0.1) is 6.42 Å². The second-order valence-electron chi connectivity index (χ2n) is 3.75. The number of imidazole rings is 1. The molecule has 2 rings (SSSR count). The van der Waals surface area contributed by atoms with Crippen molar-refractivity contribution in [1.29, 1.82) is 0 Å². The van der Waals surface area contributed by atoms with Crippen LogP contribution in [0.2, 0.25) is 0 Å². The standard InChI is InChI=1S/C10H13N5O/c1-7(2)15-9(13-6-14-15)5-8(16)10-11-3-4-12-10/h3-4,6-7H,5H2,1-2H3,(H,11,12). The molecule has 0 spiro atoms. The Balaban J connectivity index is 2.15. The maximum Gasteiger partial charge on any atom is 0.205 e. The highest BCUT2D eigenvalue weighted by molar-refractivity contribution is 5.93. The van der Waals surface area contributed by atoms with E-state index in [0.717, 1.165) is 0 Å². The van der Waals surface area contributed by atoms with Crippen LogP contribution in [0.5, 0.6) is 0 Å². The van der Waals surface area contributed by atoms with Gasteiger partial charge in [-0.1, -0.05) is 0 Å². The Hall–Kier alpha value is -1.98. The molecule has 16 heavy (non-hydrogen) atoms. The molecule has 2 aromatic rings. The lowest BCUT2D eigenvalue weighted by Gasteiger charge is -2.07. The zero-order valence-electron chi connectivity index (χ0n) is 9.21. The van der Waals surface area contributed by atoms with E-state index in [4.69, 9.17) is 0 Å². The lowest BCUT2D eigenvalue weighted by molar-refractivity contribution is 0.0980. The minimum atomic E-state index is -0.0834. The van der Waals surface area contributed by atoms with Gasteiger partial charge in [-0.2, -0.15) is 5.10 Å². The summed E-state index contributed by atoms with van der Waals surface area (Å²) in [5.74, 6) is 0.939. The SMILES string of the molecule is CC(C)n1ncnc1CC(=O)c1ncc[nH]1. The number of nitrogens with zero attached hydrogens (tertiary/aromatic N) is 4. The average Bonchev–Trinajstić information content (AvgIpc) is 2.86. The van der Waals surface area contributed by atoms with Gasteiger partial charge in [0.25, 0.3) is 0 Å². The first-order valence-electron chi connectivity index (χ1n) is 5.09. The van der Waals surface area contributed by atoms with E-state index in [1.165, 1.54) is 6.33 Å². The van der Waals surface area contributed by atoms with Gasteiger partial charge in [-0.25, -0.2) is 14.6 Å². The smallest absolute Gasteiger partial charge is 0.205 e. The first-order chi connectivity index (χ1) is 7.68. The summed E-state index contributed by atoms with van der Waals surface area (Å²) >= 11 is 0. The molecule has 2 heterocycles. The topological polar surface area (TPSA) is 76.5 Å². The van der Waals surface area contributed by atoms with Gasteiger partial charge in [0.1, 0.15) is 12.2 Å². The van der Waals surface area contributed by atoms with Crippen LogP contribution in [0.1, 0.15) is 36.3 Å². The molecular weight excluding hydrogens is 206 g/mol. The van der Waals surface area contributed by atoms with Crippen molar-refractivity contribution in [2.45, 2.75) is 26.3 Å². The molecule has 0 aliphatic heterocycles. The molecule has 0 atom stereocenters. The number of ketones is 1. The lowest BCUT2D eigenvalue weighted by Crippen LogP contribution is -2.14. The van der Waals surface area contributed by atoms with E-state index in [2.05, 4.69) is 20.1 Å². The van der Waals surface area contributed by atoms with Crippen molar-refractivity contribution in [2.24, 2.45) is 0 Å². The van der Waals surface area contributed by atoms with E-state index < -0.39 is 0 Å². The van der Waals surface area contributed by atoms with Crippen molar-refractivity contribution in [3.05, 3.63) is 30.4 Å². The number of Topliss-reactive ketones (excluding diaryl/α,β-unsaturated/α-hetero) is 1. The van der Waals surface area contributed by atoms with Crippen molar-refractivity contribution < 1.29 is 4.79 Å². The van der Waals surface area contributed by atoms with Gasteiger partial charge >= 0.3 is 0 Å². The van der Waals surface area contributed by atoms with Crippen molar-refractivity contribution >= 4 is 5.78 Å². The van der Waals surface area contributed by atoms with Gasteiger partial charge in [0, 0.05) is 18.4 Å². The molecule has 0 aliphatic carbocycles. The number of aromatic amines is 1. The first kappa shape index (κ1) is 10.5. The highest BCUT2D eigenvalue weighted by atomic mass is 16.1. The predicted molar refractivity (Wildman–Crippen MR) is 57.0 cm³/mol. The average molecular weight is 219 g/mol. The molecule has 0 fully saturated rings. The number of hydrogen-bond acceptors (Lipinski definition) is 4. The number of H-pyrrole nitrogens is 1. The van der Waals surface area contributed by atoms with Gasteiger partial charge in [-0.3, -0.25) is 4.79 Å². The van der Waals surface area contributed by atoms with Crippen LogP contribution in [0.25, 0.3) is 0 Å². The zero-order chi connectivity index (χ0) is 11.5. The fourth-order valence-corrected chi connectivity index (χ4v) is 1.48. The molecule has 1 N–H and O–H groups in total. The van der Waals surface area contributed by atoms with E-state index in [1.54, 1.807) is 17.1 Å². The van der Waals surface area contributed by atoms with Gasteiger partial charge in [-0.05, 0) is 13.8 Å². The number of hydrogen-bond donors (Lipinski definition) is 1. The third kappa shape index (κ3) is 2.00. The van der Waals surface area contributed by atoms with Crippen LogP contribution >= 0.6 is 0 Å². The van der Waals surface area contributed by atoms with E-state index in [9.17, 15) is 4.79 Å². The van der Waals surface area contributed by atoms with E-state index >= 15 is 0 Å². The van der Waals surface area contributed by atoms with E-state index in [-0.39, 0.29) is 18.2 Å². The molecule has 0 unspecified atom stereocenters. The van der Waals surface area contributed by atoms with Crippen LogP contribution < -0.4 is 0 Å². The minimum Gasteiger partial charge on any atom is -0.342 e. The zero-order valence-corrected chi connectivity index (χ0v) is 9.21. The third-order valence-corrected chi connectivity index (χ3v) is 2.22. The molecular formula is C10H13N5O. The molecule has 0 aromatic carbocycles. The van der Waals surface area contributed by atoms with Crippen LogP contribution in [0, 0.1) is 0 Å². The van der Waals surface area contributed by atoms with Crippen molar-refractivity contribution in [3.8, 4) is 0 Å². The van der Waals surface area contributed by atoms with Crippen LogP contribution in [0.15, 0.2) is 18.7 Å². The Morgan fingerprint density at radius 1 is 1.50 bits per heavy atom. The number of carbonyl (C=O) groups excluding carboxylic acids is 1. The third-order valence-electron chi connectivity index (χ3n) is 2.22. The molecule has 0 radical (unpaired) electrons. The molecule has 0 saturated carbocycles. The van der Waals surface area contributed by atoms with Gasteiger partial charge in [0.2, 0.25) is 5.78 Å². The number of carbonyl (C=O) groups is 1. The fraction of sp³-hybridized carbons (Fsp3) is 0.400. The lowest BCUT2D eigenvalue weighted by atomic mass is 10.2. The Morgan fingerprint density at radius 3 is 2.94 bits per heavy atom. The van der Waals surface area contributed by atoms with Crippen molar-refractivity contribution in [1.82, 2.24) is 24.7 Å². The Kier molecular flexibility index (Phi) is 2.80. The minimum absolute atomic E-state index is 0.0834. The second kappa shape index (κ2) is 4.26. The van der Waals surface area contributed by atoms with Crippen molar-refractivity contribution in [2.75, 3.05) is 0 Å². The van der Waals surface area contributed by atoms with Crippen LogP contribution in [-0.2, 0) is 6.42 Å². The Labute approximate surface area is 92.7 Å². The number of aromatic nitrogens is 5. The number of rotatable bonds is 4. The summed E-state index contributed by atoms with van der Waals surface area (Å²) in [6, 6.07) is 0.196. The summed E-state index contributed by atoms with van der Waals surface area (Å²) in [6.45, 7) is 3.99. The van der Waals surface area contributed by atoms with Gasteiger partial charge in [0.15, 0.2) is 5.82 Å². The normalized spacial score (nSPS) is 10.9. The quantitative estimate of drug-likeness (QED) is 0.778. The highest BCUT2D eigenvalue weighted by Crippen LogP contribution is 2.07.